The highest BCUT2D eigenvalue weighted by atomic mass is 15.1. The number of nitrogens with zero attached hydrogens (tertiary/aromatic N) is 1. The fourth-order valence-corrected chi connectivity index (χ4v) is 1.26. The molecular weight excluding hydrogens is 184 g/mol. The van der Waals surface area contributed by atoms with E-state index in [0.29, 0.717) is 5.41 Å². The highest BCUT2D eigenvalue weighted by molar-refractivity contribution is 4.71. The quantitative estimate of drug-likeness (QED) is 0.757. The third-order valence-electron chi connectivity index (χ3n) is 2.39. The van der Waals surface area contributed by atoms with E-state index in [4.69, 9.17) is 0 Å². The standard InChI is InChI=1S/C13H30N2/c1-12(2,3)8-10-15(7)11-9-14-13(4,5)6/h14H,8-11H2,1-7H3. The molecule has 2 heteroatoms. The maximum absolute atomic E-state index is 3.51. The van der Waals surface area contributed by atoms with Gasteiger partial charge in [0.25, 0.3) is 0 Å². The molecule has 0 saturated heterocycles. The first-order valence-electron chi connectivity index (χ1n) is 6.04. The van der Waals surface area contributed by atoms with Gasteiger partial charge in [0.1, 0.15) is 0 Å². The van der Waals surface area contributed by atoms with Crippen molar-refractivity contribution >= 4 is 0 Å². The highest BCUT2D eigenvalue weighted by Crippen LogP contribution is 2.18. The Hall–Kier alpha value is -0.0800. The van der Waals surface area contributed by atoms with Crippen LogP contribution in [0.3, 0.4) is 0 Å². The molecule has 0 aromatic carbocycles. The van der Waals surface area contributed by atoms with Crippen LogP contribution in [0, 0.1) is 5.41 Å². The predicted octanol–water partition coefficient (Wildman–Crippen LogP) is 2.74. The predicted molar refractivity (Wildman–Crippen MR) is 69.3 cm³/mol. The zero-order valence-electron chi connectivity index (χ0n) is 11.8. The summed E-state index contributed by atoms with van der Waals surface area (Å²) < 4.78 is 0. The number of nitrogens with one attached hydrogen (secondary N) is 1. The van der Waals surface area contributed by atoms with E-state index in [2.05, 4.69) is 58.8 Å². The minimum absolute atomic E-state index is 0.241. The van der Waals surface area contributed by atoms with Gasteiger partial charge in [-0.2, -0.15) is 0 Å². The van der Waals surface area contributed by atoms with Gasteiger partial charge in [0.05, 0.1) is 0 Å². The number of hydrogen-bond donors (Lipinski definition) is 1. The van der Waals surface area contributed by atoms with Gasteiger partial charge >= 0.3 is 0 Å². The van der Waals surface area contributed by atoms with Crippen LogP contribution in [-0.4, -0.2) is 37.1 Å². The number of hydrogen-bond acceptors (Lipinski definition) is 2. The van der Waals surface area contributed by atoms with Crippen molar-refractivity contribution in [2.24, 2.45) is 5.41 Å². The third-order valence-corrected chi connectivity index (χ3v) is 2.39. The van der Waals surface area contributed by atoms with Crippen LogP contribution in [0.25, 0.3) is 0 Å². The van der Waals surface area contributed by atoms with Gasteiger partial charge in [-0.15, -0.1) is 0 Å². The molecule has 0 fully saturated rings. The van der Waals surface area contributed by atoms with Crippen LogP contribution in [0.1, 0.15) is 48.0 Å². The average molecular weight is 214 g/mol. The Bertz CT molecular complexity index is 162. The van der Waals surface area contributed by atoms with Gasteiger partial charge in [-0.1, -0.05) is 20.8 Å². The van der Waals surface area contributed by atoms with Crippen LogP contribution in [0.5, 0.6) is 0 Å². The molecule has 0 atom stereocenters. The van der Waals surface area contributed by atoms with Gasteiger partial charge in [0.2, 0.25) is 0 Å². The van der Waals surface area contributed by atoms with E-state index in [1.807, 2.05) is 0 Å². The molecule has 0 aliphatic heterocycles. The first kappa shape index (κ1) is 14.9. The normalized spacial score (nSPS) is 13.6. The molecule has 0 radical (unpaired) electrons. The van der Waals surface area contributed by atoms with Gasteiger partial charge < -0.3 is 10.2 Å². The van der Waals surface area contributed by atoms with Crippen molar-refractivity contribution in [1.82, 2.24) is 10.2 Å². The lowest BCUT2D eigenvalue weighted by Crippen LogP contribution is -2.41. The molecule has 0 bridgehead atoms. The van der Waals surface area contributed by atoms with Crippen LogP contribution < -0.4 is 5.32 Å². The zero-order chi connectivity index (χ0) is 12.1. The molecule has 0 saturated carbocycles. The Morgan fingerprint density at radius 1 is 0.933 bits per heavy atom. The number of rotatable bonds is 5. The molecule has 0 heterocycles. The van der Waals surface area contributed by atoms with E-state index in [1.54, 1.807) is 0 Å². The topological polar surface area (TPSA) is 15.3 Å². The van der Waals surface area contributed by atoms with Gasteiger partial charge in [-0.3, -0.25) is 0 Å². The van der Waals surface area contributed by atoms with Gasteiger partial charge in [0.15, 0.2) is 0 Å². The summed E-state index contributed by atoms with van der Waals surface area (Å²) in [6, 6.07) is 0. The Labute approximate surface area is 96.4 Å². The van der Waals surface area contributed by atoms with E-state index in [0.717, 1.165) is 13.1 Å². The van der Waals surface area contributed by atoms with Crippen LogP contribution in [0.4, 0.5) is 0 Å². The highest BCUT2D eigenvalue weighted by Gasteiger charge is 2.12. The van der Waals surface area contributed by atoms with Gasteiger partial charge in [-0.25, -0.2) is 0 Å². The summed E-state index contributed by atoms with van der Waals surface area (Å²) in [4.78, 5) is 2.41. The van der Waals surface area contributed by atoms with Crippen LogP contribution >= 0.6 is 0 Å². The fourth-order valence-electron chi connectivity index (χ4n) is 1.26. The lowest BCUT2D eigenvalue weighted by atomic mass is 9.92. The molecular formula is C13H30N2. The number of likely N-dealkylation sites (N-methyl/N-ethyl adjacent to an activating group) is 1. The minimum atomic E-state index is 0.241. The molecule has 92 valence electrons. The smallest absolute Gasteiger partial charge is 0.0104 e. The second-order valence-corrected chi connectivity index (χ2v) is 6.79. The van der Waals surface area contributed by atoms with Crippen LogP contribution in [0.2, 0.25) is 0 Å². The molecule has 1 N–H and O–H groups in total. The summed E-state index contributed by atoms with van der Waals surface area (Å²) in [5.74, 6) is 0. The summed E-state index contributed by atoms with van der Waals surface area (Å²) in [5.41, 5.74) is 0.691. The molecule has 0 spiro atoms. The molecule has 0 amide bonds. The van der Waals surface area contributed by atoms with E-state index in [9.17, 15) is 0 Å². The Kier molecular flexibility index (Phi) is 5.82. The lowest BCUT2D eigenvalue weighted by Gasteiger charge is -2.26. The largest absolute Gasteiger partial charge is 0.311 e. The Morgan fingerprint density at radius 3 is 1.87 bits per heavy atom. The van der Waals surface area contributed by atoms with Gasteiger partial charge in [-0.05, 0) is 46.2 Å². The molecule has 0 unspecified atom stereocenters. The van der Waals surface area contributed by atoms with E-state index >= 15 is 0 Å². The van der Waals surface area contributed by atoms with Gasteiger partial charge in [0, 0.05) is 18.6 Å². The van der Waals surface area contributed by atoms with Crippen molar-refractivity contribution < 1.29 is 0 Å². The van der Waals surface area contributed by atoms with Crippen molar-refractivity contribution in [3.8, 4) is 0 Å². The second-order valence-electron chi connectivity index (χ2n) is 6.79. The fraction of sp³-hybridized carbons (Fsp3) is 1.00. The van der Waals surface area contributed by atoms with Crippen molar-refractivity contribution in [2.45, 2.75) is 53.5 Å². The molecule has 15 heavy (non-hydrogen) atoms. The first-order valence-corrected chi connectivity index (χ1v) is 6.04. The van der Waals surface area contributed by atoms with Crippen LogP contribution in [-0.2, 0) is 0 Å². The zero-order valence-corrected chi connectivity index (χ0v) is 11.8. The van der Waals surface area contributed by atoms with Crippen molar-refractivity contribution in [2.75, 3.05) is 26.7 Å². The van der Waals surface area contributed by atoms with Crippen LogP contribution in [0.15, 0.2) is 0 Å². The third kappa shape index (κ3) is 11.8. The van der Waals surface area contributed by atoms with Crippen molar-refractivity contribution in [3.63, 3.8) is 0 Å². The summed E-state index contributed by atoms with van der Waals surface area (Å²) in [6.07, 6.45) is 1.26. The monoisotopic (exact) mass is 214 g/mol. The van der Waals surface area contributed by atoms with Crippen molar-refractivity contribution in [3.05, 3.63) is 0 Å². The molecule has 0 rings (SSSR count). The lowest BCUT2D eigenvalue weighted by molar-refractivity contribution is 0.256. The Balaban J connectivity index is 3.54. The molecule has 0 aliphatic rings. The van der Waals surface area contributed by atoms with E-state index in [1.165, 1.54) is 13.0 Å². The summed E-state index contributed by atoms with van der Waals surface area (Å²) in [5, 5.41) is 3.51. The maximum Gasteiger partial charge on any atom is 0.0104 e. The maximum atomic E-state index is 3.51. The second kappa shape index (κ2) is 5.86. The van der Waals surface area contributed by atoms with E-state index < -0.39 is 0 Å². The van der Waals surface area contributed by atoms with Crippen molar-refractivity contribution in [1.29, 1.82) is 0 Å². The summed E-state index contributed by atoms with van der Waals surface area (Å²) in [7, 11) is 2.20. The minimum Gasteiger partial charge on any atom is -0.311 e. The SMILES string of the molecule is CN(CCNC(C)(C)C)CCC(C)(C)C. The summed E-state index contributed by atoms with van der Waals surface area (Å²) in [6.45, 7) is 16.9. The Morgan fingerprint density at radius 2 is 1.47 bits per heavy atom. The first-order chi connectivity index (χ1) is 6.60. The molecule has 2 nitrogen and oxygen atoms in total. The summed E-state index contributed by atoms with van der Waals surface area (Å²) >= 11 is 0. The molecule has 0 aromatic rings. The average Bonchev–Trinajstić information content (AvgIpc) is 1.97. The van der Waals surface area contributed by atoms with E-state index in [-0.39, 0.29) is 5.54 Å². The molecule has 0 aromatic heterocycles. The molecule has 0 aliphatic carbocycles.